The van der Waals surface area contributed by atoms with Crippen LogP contribution < -0.4 is 0 Å². The molecule has 0 aliphatic heterocycles. The standard InChI is InChI=1S/C25H20ClN3/c1-17-11-13-18(14-12-17)24(28-16-26)29-25(27-2)23-15-19-7-3-4-8-20(19)21-9-5-6-10-22(21)23/h3-15H,2,16H2,1H3/b28-24-,29-25-. The summed E-state index contributed by atoms with van der Waals surface area (Å²) in [6.07, 6.45) is 0. The minimum atomic E-state index is 0.121. The SMILES string of the molecule is C=N/C(=N\C(=N/CCl)c1ccc(C)cc1)c1cc2ccccc2c2ccccc12. The van der Waals surface area contributed by atoms with E-state index >= 15 is 0 Å². The van der Waals surface area contributed by atoms with Crippen molar-refractivity contribution in [1.82, 2.24) is 0 Å². The molecular formula is C25H20ClN3. The number of aryl methyl sites for hydroxylation is 1. The molecule has 0 spiro atoms. The van der Waals surface area contributed by atoms with E-state index in [1.165, 1.54) is 10.9 Å². The number of amidine groups is 2. The predicted octanol–water partition coefficient (Wildman–Crippen LogP) is 6.39. The van der Waals surface area contributed by atoms with Crippen molar-refractivity contribution in [2.24, 2.45) is 15.0 Å². The molecule has 0 aliphatic carbocycles. The molecule has 29 heavy (non-hydrogen) atoms. The second kappa shape index (κ2) is 8.38. The maximum Gasteiger partial charge on any atom is 0.161 e. The third-order valence-corrected chi connectivity index (χ3v) is 5.01. The van der Waals surface area contributed by atoms with Gasteiger partial charge < -0.3 is 0 Å². The Balaban J connectivity index is 1.95. The van der Waals surface area contributed by atoms with Crippen LogP contribution in [-0.2, 0) is 0 Å². The molecule has 0 bridgehead atoms. The van der Waals surface area contributed by atoms with E-state index in [1.807, 2.05) is 49.4 Å². The minimum Gasteiger partial charge on any atom is -0.250 e. The van der Waals surface area contributed by atoms with Crippen LogP contribution in [0.1, 0.15) is 16.7 Å². The Hall–Kier alpha value is -3.30. The van der Waals surface area contributed by atoms with Gasteiger partial charge in [-0.05, 0) is 41.3 Å². The van der Waals surface area contributed by atoms with E-state index in [0.717, 1.165) is 27.3 Å². The van der Waals surface area contributed by atoms with Gasteiger partial charge in [0.25, 0.3) is 0 Å². The van der Waals surface area contributed by atoms with Crippen molar-refractivity contribution < 1.29 is 0 Å². The largest absolute Gasteiger partial charge is 0.250 e. The molecule has 0 saturated heterocycles. The summed E-state index contributed by atoms with van der Waals surface area (Å²) in [5.41, 5.74) is 2.98. The summed E-state index contributed by atoms with van der Waals surface area (Å²) in [6.45, 7) is 5.82. The zero-order valence-electron chi connectivity index (χ0n) is 16.1. The normalized spacial score (nSPS) is 12.5. The molecule has 3 nitrogen and oxygen atoms in total. The maximum atomic E-state index is 5.92. The topological polar surface area (TPSA) is 37.1 Å². The van der Waals surface area contributed by atoms with E-state index in [0.29, 0.717) is 11.7 Å². The smallest absolute Gasteiger partial charge is 0.161 e. The highest BCUT2D eigenvalue weighted by molar-refractivity contribution is 6.23. The first kappa shape index (κ1) is 19.0. The first-order valence-corrected chi connectivity index (χ1v) is 9.88. The number of alkyl halides is 1. The molecule has 0 aromatic heterocycles. The van der Waals surface area contributed by atoms with Crippen molar-refractivity contribution in [2.45, 2.75) is 6.92 Å². The lowest BCUT2D eigenvalue weighted by Gasteiger charge is -2.11. The van der Waals surface area contributed by atoms with E-state index < -0.39 is 0 Å². The summed E-state index contributed by atoms with van der Waals surface area (Å²) in [6, 6.07) is 26.9. The number of benzene rings is 4. The first-order valence-electron chi connectivity index (χ1n) is 9.35. The average Bonchev–Trinajstić information content (AvgIpc) is 2.77. The van der Waals surface area contributed by atoms with Crippen molar-refractivity contribution in [3.05, 3.63) is 95.6 Å². The Morgan fingerprint density at radius 2 is 1.48 bits per heavy atom. The lowest BCUT2D eigenvalue weighted by Crippen LogP contribution is -2.06. The van der Waals surface area contributed by atoms with Gasteiger partial charge in [0.1, 0.15) is 6.00 Å². The molecule has 0 amide bonds. The molecule has 4 heteroatoms. The quantitative estimate of drug-likeness (QED) is 0.126. The fourth-order valence-electron chi connectivity index (χ4n) is 3.47. The Bertz CT molecular complexity index is 1250. The predicted molar refractivity (Wildman–Crippen MR) is 126 cm³/mol. The molecule has 0 atom stereocenters. The summed E-state index contributed by atoms with van der Waals surface area (Å²) < 4.78 is 0. The first-order chi connectivity index (χ1) is 14.2. The van der Waals surface area contributed by atoms with Crippen molar-refractivity contribution in [2.75, 3.05) is 6.00 Å². The molecule has 4 rings (SSSR count). The van der Waals surface area contributed by atoms with Gasteiger partial charge in [-0.15, -0.1) is 11.6 Å². The summed E-state index contributed by atoms with van der Waals surface area (Å²) in [7, 11) is 0. The number of aliphatic imine (C=N–C) groups is 3. The number of fused-ring (bicyclic) bond motifs is 3. The summed E-state index contributed by atoms with van der Waals surface area (Å²) in [5.74, 6) is 1.07. The van der Waals surface area contributed by atoms with Gasteiger partial charge in [0.15, 0.2) is 11.7 Å². The molecular weight excluding hydrogens is 378 g/mol. The van der Waals surface area contributed by atoms with Crippen molar-refractivity contribution >= 4 is 51.5 Å². The number of nitrogens with zero attached hydrogens (tertiary/aromatic N) is 3. The summed E-state index contributed by atoms with van der Waals surface area (Å²) >= 11 is 5.92. The highest BCUT2D eigenvalue weighted by atomic mass is 35.5. The van der Waals surface area contributed by atoms with Crippen molar-refractivity contribution in [3.63, 3.8) is 0 Å². The van der Waals surface area contributed by atoms with Crippen LogP contribution in [0.4, 0.5) is 0 Å². The minimum absolute atomic E-state index is 0.121. The summed E-state index contributed by atoms with van der Waals surface area (Å²) in [5, 5.41) is 4.56. The van der Waals surface area contributed by atoms with Crippen LogP contribution in [0.25, 0.3) is 21.5 Å². The number of hydrogen-bond acceptors (Lipinski definition) is 1. The number of rotatable bonds is 3. The maximum absolute atomic E-state index is 5.92. The van der Waals surface area contributed by atoms with Crippen LogP contribution in [0.2, 0.25) is 0 Å². The Morgan fingerprint density at radius 3 is 2.17 bits per heavy atom. The Labute approximate surface area is 175 Å². The van der Waals surface area contributed by atoms with E-state index in [2.05, 4.69) is 53.1 Å². The van der Waals surface area contributed by atoms with E-state index in [1.54, 1.807) is 0 Å². The molecule has 0 unspecified atom stereocenters. The molecule has 0 saturated carbocycles. The highest BCUT2D eigenvalue weighted by Gasteiger charge is 2.12. The molecule has 0 aliphatic rings. The highest BCUT2D eigenvalue weighted by Crippen LogP contribution is 2.29. The van der Waals surface area contributed by atoms with Gasteiger partial charge in [0, 0.05) is 11.1 Å². The van der Waals surface area contributed by atoms with Crippen LogP contribution in [-0.4, -0.2) is 24.4 Å². The summed E-state index contributed by atoms with van der Waals surface area (Å²) in [4.78, 5) is 13.4. The van der Waals surface area contributed by atoms with Gasteiger partial charge >= 0.3 is 0 Å². The van der Waals surface area contributed by atoms with Gasteiger partial charge in [-0.1, -0.05) is 78.4 Å². The number of halogens is 1. The fourth-order valence-corrected chi connectivity index (χ4v) is 3.58. The third kappa shape index (κ3) is 3.82. The van der Waals surface area contributed by atoms with Crippen LogP contribution in [0.5, 0.6) is 0 Å². The molecule has 142 valence electrons. The second-order valence-corrected chi connectivity index (χ2v) is 6.99. The second-order valence-electron chi connectivity index (χ2n) is 6.75. The third-order valence-electron chi connectivity index (χ3n) is 4.89. The monoisotopic (exact) mass is 397 g/mol. The lowest BCUT2D eigenvalue weighted by molar-refractivity contribution is 1.32. The van der Waals surface area contributed by atoms with Crippen LogP contribution >= 0.6 is 11.6 Å². The van der Waals surface area contributed by atoms with Crippen molar-refractivity contribution in [3.8, 4) is 0 Å². The fraction of sp³-hybridized carbons (Fsp3) is 0.0800. The van der Waals surface area contributed by atoms with Crippen LogP contribution in [0.15, 0.2) is 93.8 Å². The van der Waals surface area contributed by atoms with Crippen molar-refractivity contribution in [1.29, 1.82) is 0 Å². The zero-order valence-corrected chi connectivity index (χ0v) is 16.9. The lowest BCUT2D eigenvalue weighted by atomic mass is 9.96. The Morgan fingerprint density at radius 1 is 0.828 bits per heavy atom. The average molecular weight is 398 g/mol. The van der Waals surface area contributed by atoms with Crippen LogP contribution in [0.3, 0.4) is 0 Å². The van der Waals surface area contributed by atoms with E-state index in [-0.39, 0.29) is 6.00 Å². The Kier molecular flexibility index (Phi) is 5.50. The van der Waals surface area contributed by atoms with Gasteiger partial charge in [-0.2, -0.15) is 0 Å². The molecule has 4 aromatic carbocycles. The van der Waals surface area contributed by atoms with Crippen LogP contribution in [0, 0.1) is 6.92 Å². The van der Waals surface area contributed by atoms with Gasteiger partial charge in [0.05, 0.1) is 0 Å². The van der Waals surface area contributed by atoms with Gasteiger partial charge in [-0.3, -0.25) is 0 Å². The van der Waals surface area contributed by atoms with E-state index in [4.69, 9.17) is 16.6 Å². The molecule has 0 N–H and O–H groups in total. The molecule has 0 radical (unpaired) electrons. The molecule has 4 aromatic rings. The van der Waals surface area contributed by atoms with Gasteiger partial charge in [-0.25, -0.2) is 15.0 Å². The van der Waals surface area contributed by atoms with E-state index in [9.17, 15) is 0 Å². The molecule has 0 fully saturated rings. The van der Waals surface area contributed by atoms with Gasteiger partial charge in [0.2, 0.25) is 0 Å². The zero-order chi connectivity index (χ0) is 20.2. The molecule has 0 heterocycles. The number of hydrogen-bond donors (Lipinski definition) is 0.